The highest BCUT2D eigenvalue weighted by Gasteiger charge is 2.42. The molecule has 118 valence electrons. The summed E-state index contributed by atoms with van der Waals surface area (Å²) < 4.78 is 40.3. The molecule has 3 atom stereocenters. The third-order valence-electron chi connectivity index (χ3n) is 4.88. The first kappa shape index (κ1) is 16.3. The van der Waals surface area contributed by atoms with Gasteiger partial charge in [0.25, 0.3) is 0 Å². The molecule has 5 heteroatoms. The van der Waals surface area contributed by atoms with E-state index in [1.54, 1.807) is 0 Å². The molecule has 3 N–H and O–H groups in total. The molecule has 1 aromatic rings. The second-order valence-electron chi connectivity index (χ2n) is 6.13. The van der Waals surface area contributed by atoms with Gasteiger partial charge in [-0.05, 0) is 24.8 Å². The van der Waals surface area contributed by atoms with E-state index in [4.69, 9.17) is 5.73 Å². The largest absolute Gasteiger partial charge is 0.388 e. The summed E-state index contributed by atoms with van der Waals surface area (Å²) in [5.41, 5.74) is 5.00. The van der Waals surface area contributed by atoms with Gasteiger partial charge >= 0.3 is 0 Å². The van der Waals surface area contributed by atoms with Crippen LogP contribution in [0, 0.1) is 28.8 Å². The van der Waals surface area contributed by atoms with Crippen molar-refractivity contribution in [1.82, 2.24) is 0 Å². The maximum atomic E-state index is 13.9. The number of nitrogens with two attached hydrogens (primary N) is 1. The van der Waals surface area contributed by atoms with Crippen molar-refractivity contribution >= 4 is 0 Å². The predicted molar refractivity (Wildman–Crippen MR) is 75.0 cm³/mol. The van der Waals surface area contributed by atoms with Crippen LogP contribution in [0.5, 0.6) is 0 Å². The van der Waals surface area contributed by atoms with Crippen LogP contribution >= 0.6 is 0 Å². The molecular weight excluding hydrogens is 279 g/mol. The van der Waals surface area contributed by atoms with Crippen LogP contribution in [-0.2, 0) is 0 Å². The fraction of sp³-hybridized carbons (Fsp3) is 0.625. The van der Waals surface area contributed by atoms with E-state index >= 15 is 0 Å². The lowest BCUT2D eigenvalue weighted by atomic mass is 9.64. The standard InChI is InChI=1S/C16H22F3NO/c1-2-10-4-3-5-16(8-10,9-20)15(21)11-6-13(18)14(19)7-12(11)17/h6-7,10,15,21H,2-5,8-9,20H2,1H3. The fourth-order valence-corrected chi connectivity index (χ4v) is 3.49. The minimum absolute atomic E-state index is 0.198. The Hall–Kier alpha value is -1.07. The Labute approximate surface area is 123 Å². The van der Waals surface area contributed by atoms with Gasteiger partial charge in [0.05, 0.1) is 6.10 Å². The van der Waals surface area contributed by atoms with Crippen molar-refractivity contribution in [2.24, 2.45) is 17.1 Å². The maximum absolute atomic E-state index is 13.9. The number of hydrogen-bond donors (Lipinski definition) is 2. The predicted octanol–water partition coefficient (Wildman–Crippen LogP) is 3.68. The smallest absolute Gasteiger partial charge is 0.161 e. The van der Waals surface area contributed by atoms with Crippen molar-refractivity contribution in [3.05, 3.63) is 35.1 Å². The van der Waals surface area contributed by atoms with Crippen molar-refractivity contribution in [2.75, 3.05) is 6.54 Å². The number of halogens is 3. The lowest BCUT2D eigenvalue weighted by Gasteiger charge is -2.43. The molecule has 21 heavy (non-hydrogen) atoms. The molecule has 0 radical (unpaired) electrons. The quantitative estimate of drug-likeness (QED) is 0.833. The molecule has 2 nitrogen and oxygen atoms in total. The molecule has 0 bridgehead atoms. The number of benzene rings is 1. The summed E-state index contributed by atoms with van der Waals surface area (Å²) in [6, 6.07) is 1.24. The van der Waals surface area contributed by atoms with Crippen molar-refractivity contribution in [3.63, 3.8) is 0 Å². The zero-order valence-electron chi connectivity index (χ0n) is 12.2. The molecule has 0 amide bonds. The fourth-order valence-electron chi connectivity index (χ4n) is 3.49. The van der Waals surface area contributed by atoms with E-state index in [1.165, 1.54) is 0 Å². The molecule has 1 saturated carbocycles. The number of aliphatic hydroxyl groups is 1. The first-order chi connectivity index (χ1) is 9.93. The molecule has 0 aliphatic heterocycles. The molecule has 0 aromatic heterocycles. The van der Waals surface area contributed by atoms with E-state index in [0.717, 1.165) is 25.3 Å². The topological polar surface area (TPSA) is 46.2 Å². The summed E-state index contributed by atoms with van der Waals surface area (Å²) in [6.45, 7) is 2.27. The van der Waals surface area contributed by atoms with Gasteiger partial charge in [-0.15, -0.1) is 0 Å². The highest BCUT2D eigenvalue weighted by molar-refractivity contribution is 5.24. The van der Waals surface area contributed by atoms with Gasteiger partial charge in [-0.3, -0.25) is 0 Å². The normalized spacial score (nSPS) is 27.6. The lowest BCUT2D eigenvalue weighted by Crippen LogP contribution is -2.41. The summed E-state index contributed by atoms with van der Waals surface area (Å²) in [5, 5.41) is 10.6. The van der Waals surface area contributed by atoms with E-state index in [1.807, 2.05) is 0 Å². The molecule has 1 aliphatic rings. The van der Waals surface area contributed by atoms with Crippen molar-refractivity contribution < 1.29 is 18.3 Å². The zero-order valence-corrected chi connectivity index (χ0v) is 12.2. The first-order valence-corrected chi connectivity index (χ1v) is 7.46. The van der Waals surface area contributed by atoms with E-state index in [0.29, 0.717) is 24.8 Å². The zero-order chi connectivity index (χ0) is 15.6. The molecule has 1 fully saturated rings. The Morgan fingerprint density at radius 3 is 2.57 bits per heavy atom. The Morgan fingerprint density at radius 2 is 1.95 bits per heavy atom. The van der Waals surface area contributed by atoms with E-state index in [2.05, 4.69) is 6.92 Å². The second-order valence-corrected chi connectivity index (χ2v) is 6.13. The van der Waals surface area contributed by atoms with Crippen LogP contribution in [0.25, 0.3) is 0 Å². The number of hydrogen-bond acceptors (Lipinski definition) is 2. The van der Waals surface area contributed by atoms with Gasteiger partial charge in [0, 0.05) is 23.6 Å². The third-order valence-corrected chi connectivity index (χ3v) is 4.88. The van der Waals surface area contributed by atoms with Gasteiger partial charge in [0.2, 0.25) is 0 Å². The minimum atomic E-state index is -1.25. The average molecular weight is 301 g/mol. The van der Waals surface area contributed by atoms with Crippen molar-refractivity contribution in [1.29, 1.82) is 0 Å². The minimum Gasteiger partial charge on any atom is -0.388 e. The molecule has 2 rings (SSSR count). The van der Waals surface area contributed by atoms with Gasteiger partial charge in [0.15, 0.2) is 11.6 Å². The van der Waals surface area contributed by atoms with Crippen molar-refractivity contribution in [2.45, 2.75) is 45.1 Å². The molecular formula is C16H22F3NO. The van der Waals surface area contributed by atoms with Crippen LogP contribution < -0.4 is 5.73 Å². The van der Waals surface area contributed by atoms with Gasteiger partial charge in [0.1, 0.15) is 5.82 Å². The van der Waals surface area contributed by atoms with Crippen LogP contribution in [0.2, 0.25) is 0 Å². The highest BCUT2D eigenvalue weighted by Crippen LogP contribution is 2.48. The van der Waals surface area contributed by atoms with Crippen LogP contribution in [0.15, 0.2) is 12.1 Å². The SMILES string of the molecule is CCC1CCCC(CN)(C(O)c2cc(F)c(F)cc2F)C1. The van der Waals surface area contributed by atoms with E-state index in [9.17, 15) is 18.3 Å². The molecule has 0 saturated heterocycles. The number of aliphatic hydroxyl groups excluding tert-OH is 1. The van der Waals surface area contributed by atoms with Crippen LogP contribution in [-0.4, -0.2) is 11.7 Å². The van der Waals surface area contributed by atoms with Gasteiger partial charge in [-0.2, -0.15) is 0 Å². The second kappa shape index (κ2) is 6.36. The Bertz CT molecular complexity index is 509. The summed E-state index contributed by atoms with van der Waals surface area (Å²) in [6.07, 6.45) is 3.06. The molecule has 1 aliphatic carbocycles. The van der Waals surface area contributed by atoms with E-state index < -0.39 is 29.0 Å². The Balaban J connectivity index is 2.36. The Kier molecular flexibility index (Phi) is 4.94. The van der Waals surface area contributed by atoms with Gasteiger partial charge in [-0.25, -0.2) is 13.2 Å². The molecule has 0 heterocycles. The monoisotopic (exact) mass is 301 g/mol. The number of rotatable bonds is 4. The summed E-state index contributed by atoms with van der Waals surface area (Å²) >= 11 is 0. The van der Waals surface area contributed by atoms with Crippen LogP contribution in [0.1, 0.15) is 50.7 Å². The van der Waals surface area contributed by atoms with E-state index in [-0.39, 0.29) is 12.1 Å². The molecule has 1 aromatic carbocycles. The average Bonchev–Trinajstić information content (AvgIpc) is 2.50. The van der Waals surface area contributed by atoms with Crippen LogP contribution in [0.3, 0.4) is 0 Å². The summed E-state index contributed by atoms with van der Waals surface area (Å²) in [4.78, 5) is 0. The van der Waals surface area contributed by atoms with Crippen LogP contribution in [0.4, 0.5) is 13.2 Å². The van der Waals surface area contributed by atoms with Gasteiger partial charge < -0.3 is 10.8 Å². The summed E-state index contributed by atoms with van der Waals surface area (Å²) in [5.74, 6) is -2.90. The summed E-state index contributed by atoms with van der Waals surface area (Å²) in [7, 11) is 0. The van der Waals surface area contributed by atoms with Gasteiger partial charge in [-0.1, -0.05) is 26.2 Å². The third kappa shape index (κ3) is 3.09. The molecule has 0 spiro atoms. The maximum Gasteiger partial charge on any atom is 0.161 e. The highest BCUT2D eigenvalue weighted by atomic mass is 19.2. The molecule has 3 unspecified atom stereocenters. The Morgan fingerprint density at radius 1 is 1.29 bits per heavy atom. The first-order valence-electron chi connectivity index (χ1n) is 7.46. The van der Waals surface area contributed by atoms with Crippen molar-refractivity contribution in [3.8, 4) is 0 Å². The lowest BCUT2D eigenvalue weighted by molar-refractivity contribution is -0.0184.